The Labute approximate surface area is 189 Å². The monoisotopic (exact) mass is 460 g/mol. The molecule has 0 fully saturated rings. The molecule has 146 valence electrons. The fraction of sp³-hybridized carbons (Fsp3) is 0.0870. The van der Waals surface area contributed by atoms with E-state index in [1.807, 2.05) is 60.7 Å². The summed E-state index contributed by atoms with van der Waals surface area (Å²) in [6.45, 7) is 0. The molecule has 0 saturated carbocycles. The minimum atomic E-state index is -0.0486. The summed E-state index contributed by atoms with van der Waals surface area (Å²) in [6.07, 6.45) is 4.58. The Balaban J connectivity index is 1.72. The quantitative estimate of drug-likeness (QED) is 0.414. The number of para-hydroxylation sites is 2. The summed E-state index contributed by atoms with van der Waals surface area (Å²) in [7, 11) is 0. The molecule has 0 aliphatic carbocycles. The summed E-state index contributed by atoms with van der Waals surface area (Å²) >= 11 is 24.9. The molecular weight excluding hydrogens is 446 g/mol. The summed E-state index contributed by atoms with van der Waals surface area (Å²) in [6, 6.07) is 18.9. The van der Waals surface area contributed by atoms with Gasteiger partial charge >= 0.3 is 0 Å². The van der Waals surface area contributed by atoms with Crippen LogP contribution in [0, 0.1) is 0 Å². The molecule has 0 aromatic heterocycles. The van der Waals surface area contributed by atoms with Gasteiger partial charge in [-0.2, -0.15) is 0 Å². The molecule has 0 saturated heterocycles. The van der Waals surface area contributed by atoms with E-state index in [0.717, 1.165) is 28.2 Å². The van der Waals surface area contributed by atoms with Gasteiger partial charge in [0.15, 0.2) is 0 Å². The second-order valence-electron chi connectivity index (χ2n) is 6.69. The van der Waals surface area contributed by atoms with Crippen LogP contribution in [0.4, 0.5) is 11.4 Å². The molecule has 29 heavy (non-hydrogen) atoms. The van der Waals surface area contributed by atoms with Crippen molar-refractivity contribution in [1.82, 2.24) is 0 Å². The molecule has 0 unspecified atom stereocenters. The van der Waals surface area contributed by atoms with Crippen LogP contribution >= 0.6 is 46.4 Å². The first-order chi connectivity index (χ1) is 14.0. The number of hydrogen-bond acceptors (Lipinski definition) is 2. The Bertz CT molecular complexity index is 1120. The third-order valence-electron chi connectivity index (χ3n) is 4.67. The van der Waals surface area contributed by atoms with Crippen molar-refractivity contribution in [3.05, 3.63) is 98.0 Å². The molecule has 1 N–H and O–H groups in total. The minimum absolute atomic E-state index is 0.0486. The van der Waals surface area contributed by atoms with E-state index in [1.165, 1.54) is 0 Å². The van der Waals surface area contributed by atoms with E-state index in [1.54, 1.807) is 12.1 Å². The van der Waals surface area contributed by atoms with Crippen LogP contribution in [0.15, 0.2) is 71.7 Å². The molecule has 6 heteroatoms. The summed E-state index contributed by atoms with van der Waals surface area (Å²) in [5, 5.41) is 6.00. The molecule has 1 aliphatic rings. The van der Waals surface area contributed by atoms with Crippen molar-refractivity contribution in [1.29, 1.82) is 0 Å². The van der Waals surface area contributed by atoms with Gasteiger partial charge in [-0.25, -0.2) is 0 Å². The second kappa shape index (κ2) is 8.81. The maximum Gasteiger partial charge on any atom is 0.0864 e. The van der Waals surface area contributed by atoms with Crippen molar-refractivity contribution in [2.75, 3.05) is 5.32 Å². The van der Waals surface area contributed by atoms with Gasteiger partial charge in [-0.3, -0.25) is 4.99 Å². The second-order valence-corrected chi connectivity index (χ2v) is 8.37. The lowest BCUT2D eigenvalue weighted by atomic mass is 10.00. The van der Waals surface area contributed by atoms with Gasteiger partial charge in [-0.1, -0.05) is 76.7 Å². The first kappa shape index (κ1) is 20.3. The lowest BCUT2D eigenvalue weighted by Crippen LogP contribution is -2.13. The van der Waals surface area contributed by atoms with E-state index >= 15 is 0 Å². The van der Waals surface area contributed by atoms with Crippen LogP contribution in [0.2, 0.25) is 20.1 Å². The summed E-state index contributed by atoms with van der Waals surface area (Å²) in [4.78, 5) is 4.85. The van der Waals surface area contributed by atoms with E-state index in [9.17, 15) is 0 Å². The first-order valence-electron chi connectivity index (χ1n) is 9.01. The zero-order valence-electron chi connectivity index (χ0n) is 15.2. The van der Waals surface area contributed by atoms with Gasteiger partial charge in [0.2, 0.25) is 0 Å². The van der Waals surface area contributed by atoms with Crippen LogP contribution in [-0.2, 0) is 0 Å². The molecule has 0 spiro atoms. The molecular formula is C23H16Cl4N2. The van der Waals surface area contributed by atoms with E-state index in [0.29, 0.717) is 26.5 Å². The van der Waals surface area contributed by atoms with Crippen molar-refractivity contribution in [2.24, 2.45) is 4.99 Å². The van der Waals surface area contributed by atoms with Crippen molar-refractivity contribution < 1.29 is 0 Å². The average molecular weight is 462 g/mol. The predicted molar refractivity (Wildman–Crippen MR) is 126 cm³/mol. The summed E-state index contributed by atoms with van der Waals surface area (Å²) in [5.74, 6) is 0. The highest BCUT2D eigenvalue weighted by molar-refractivity contribution is 6.36. The molecule has 1 aliphatic heterocycles. The minimum Gasteiger partial charge on any atom is -0.376 e. The third-order valence-corrected chi connectivity index (χ3v) is 5.79. The molecule has 4 rings (SSSR count). The number of hydrogen-bond donors (Lipinski definition) is 1. The van der Waals surface area contributed by atoms with E-state index in [4.69, 9.17) is 51.4 Å². The standard InChI is InChI=1S/C23H16Cl4N2/c24-15-7-5-14(19(26)11-15)6-9-17-13-23(18-10-8-16(25)12-20(18)27)29-22-4-2-1-3-21(22)28-17/h1-12,23,29H,13H2/b9-6+/t23-/m0/s1. The molecule has 0 amide bonds. The molecule has 3 aromatic carbocycles. The Hall–Kier alpha value is -1.97. The van der Waals surface area contributed by atoms with Crippen molar-refractivity contribution in [2.45, 2.75) is 12.5 Å². The Kier molecular flexibility index (Phi) is 6.17. The Morgan fingerprint density at radius 3 is 2.31 bits per heavy atom. The van der Waals surface area contributed by atoms with Gasteiger partial charge in [0.05, 0.1) is 17.4 Å². The van der Waals surface area contributed by atoms with Crippen molar-refractivity contribution in [3.63, 3.8) is 0 Å². The van der Waals surface area contributed by atoms with E-state index in [-0.39, 0.29) is 6.04 Å². The lowest BCUT2D eigenvalue weighted by molar-refractivity contribution is 0.830. The highest BCUT2D eigenvalue weighted by Gasteiger charge is 2.21. The van der Waals surface area contributed by atoms with Crippen molar-refractivity contribution in [3.8, 4) is 0 Å². The third kappa shape index (κ3) is 4.79. The van der Waals surface area contributed by atoms with Crippen LogP contribution in [0.1, 0.15) is 23.6 Å². The van der Waals surface area contributed by atoms with Gasteiger partial charge in [0.25, 0.3) is 0 Å². The SMILES string of the molecule is Clc1ccc(/C=C/C2=Nc3ccccc3N[C@H](c3ccc(Cl)cc3Cl)C2)c(Cl)c1. The zero-order chi connectivity index (χ0) is 20.4. The van der Waals surface area contributed by atoms with Gasteiger partial charge in [-0.05, 0) is 53.6 Å². The van der Waals surface area contributed by atoms with Crippen molar-refractivity contribution >= 4 is 69.6 Å². The number of rotatable bonds is 3. The summed E-state index contributed by atoms with van der Waals surface area (Å²) < 4.78 is 0. The molecule has 1 atom stereocenters. The predicted octanol–water partition coefficient (Wildman–Crippen LogP) is 8.64. The lowest BCUT2D eigenvalue weighted by Gasteiger charge is -2.20. The highest BCUT2D eigenvalue weighted by atomic mass is 35.5. The van der Waals surface area contributed by atoms with Crippen LogP contribution < -0.4 is 5.32 Å². The van der Waals surface area contributed by atoms with E-state index < -0.39 is 0 Å². The fourth-order valence-electron chi connectivity index (χ4n) is 3.24. The number of benzene rings is 3. The van der Waals surface area contributed by atoms with Crippen LogP contribution in [-0.4, -0.2) is 5.71 Å². The van der Waals surface area contributed by atoms with Gasteiger partial charge in [0.1, 0.15) is 0 Å². The number of nitrogens with one attached hydrogen (secondary N) is 1. The Morgan fingerprint density at radius 2 is 1.55 bits per heavy atom. The van der Waals surface area contributed by atoms with Gasteiger partial charge in [-0.15, -0.1) is 0 Å². The van der Waals surface area contributed by atoms with E-state index in [2.05, 4.69) is 5.32 Å². The number of allylic oxidation sites excluding steroid dienone is 1. The number of halogens is 4. The molecule has 0 radical (unpaired) electrons. The maximum atomic E-state index is 6.49. The highest BCUT2D eigenvalue weighted by Crippen LogP contribution is 2.37. The fourth-order valence-corrected chi connectivity index (χ4v) is 4.25. The number of aliphatic imine (C=N–C) groups is 1. The maximum absolute atomic E-state index is 6.49. The first-order valence-corrected chi connectivity index (χ1v) is 10.5. The van der Waals surface area contributed by atoms with Gasteiger partial charge in [0, 0.05) is 32.2 Å². The van der Waals surface area contributed by atoms with Crippen LogP contribution in [0.3, 0.4) is 0 Å². The molecule has 2 nitrogen and oxygen atoms in total. The normalized spacial score (nSPS) is 16.1. The number of fused-ring (bicyclic) bond motifs is 1. The number of nitrogens with zero attached hydrogens (tertiary/aromatic N) is 1. The average Bonchev–Trinajstić information content (AvgIpc) is 2.86. The number of anilines is 1. The molecule has 1 heterocycles. The molecule has 3 aromatic rings. The molecule has 0 bridgehead atoms. The smallest absolute Gasteiger partial charge is 0.0864 e. The topological polar surface area (TPSA) is 24.4 Å². The largest absolute Gasteiger partial charge is 0.376 e. The van der Waals surface area contributed by atoms with Crippen LogP contribution in [0.25, 0.3) is 6.08 Å². The zero-order valence-corrected chi connectivity index (χ0v) is 18.2. The Morgan fingerprint density at radius 1 is 0.828 bits per heavy atom. The van der Waals surface area contributed by atoms with Gasteiger partial charge < -0.3 is 5.32 Å². The summed E-state index contributed by atoms with van der Waals surface area (Å²) in [5.41, 5.74) is 4.59. The van der Waals surface area contributed by atoms with Crippen LogP contribution in [0.5, 0.6) is 0 Å².